The Morgan fingerprint density at radius 2 is 1.83 bits per heavy atom. The highest BCUT2D eigenvalue weighted by Crippen LogP contribution is 2.17. The lowest BCUT2D eigenvalue weighted by Crippen LogP contribution is -2.09. The molecule has 0 aliphatic carbocycles. The summed E-state index contributed by atoms with van der Waals surface area (Å²) in [6, 6.07) is 4.20. The van der Waals surface area contributed by atoms with E-state index in [-0.39, 0.29) is 6.42 Å². The number of carbonyl (C=O) groups excluding carboxylic acids is 1. The first-order chi connectivity index (χ1) is 8.58. The van der Waals surface area contributed by atoms with E-state index in [4.69, 9.17) is 0 Å². The fourth-order valence-corrected chi connectivity index (χ4v) is 1.59. The average molecular weight is 251 g/mol. The zero-order valence-corrected chi connectivity index (χ0v) is 9.16. The number of benzene rings is 1. The summed E-state index contributed by atoms with van der Waals surface area (Å²) >= 11 is 0. The Bertz CT molecular complexity index is 561. The van der Waals surface area contributed by atoms with Gasteiger partial charge in [0, 0.05) is 30.9 Å². The summed E-state index contributed by atoms with van der Waals surface area (Å²) in [6.45, 7) is 0. The highest BCUT2D eigenvalue weighted by molar-refractivity contribution is 5.97. The predicted molar refractivity (Wildman–Crippen MR) is 58.6 cm³/mol. The van der Waals surface area contributed by atoms with Crippen LogP contribution in [0.3, 0.4) is 0 Å². The van der Waals surface area contributed by atoms with Crippen molar-refractivity contribution in [2.45, 2.75) is 6.42 Å². The molecule has 5 heteroatoms. The molecule has 0 fully saturated rings. The third kappa shape index (κ3) is 2.56. The topological polar surface area (TPSA) is 30.0 Å². The molecule has 2 aromatic rings. The van der Waals surface area contributed by atoms with Crippen molar-refractivity contribution in [3.63, 3.8) is 0 Å². The molecule has 2 nitrogen and oxygen atoms in total. The van der Waals surface area contributed by atoms with E-state index in [0.717, 1.165) is 0 Å². The fourth-order valence-electron chi connectivity index (χ4n) is 1.59. The van der Waals surface area contributed by atoms with Crippen LogP contribution < -0.4 is 0 Å². The van der Waals surface area contributed by atoms with E-state index in [9.17, 15) is 18.0 Å². The molecule has 1 aromatic carbocycles. The van der Waals surface area contributed by atoms with Crippen molar-refractivity contribution in [2.75, 3.05) is 0 Å². The number of halogens is 3. The van der Waals surface area contributed by atoms with Gasteiger partial charge in [-0.3, -0.25) is 9.78 Å². The van der Waals surface area contributed by atoms with Gasteiger partial charge in [0.2, 0.25) is 0 Å². The molecular weight excluding hydrogens is 243 g/mol. The minimum absolute atomic E-state index is 0.187. The van der Waals surface area contributed by atoms with Crippen molar-refractivity contribution in [1.82, 2.24) is 4.98 Å². The number of Topliss-reactive ketones (excluding diaryl/α,β-unsaturated/α-hetero) is 1. The van der Waals surface area contributed by atoms with Crippen molar-refractivity contribution in [2.24, 2.45) is 0 Å². The van der Waals surface area contributed by atoms with Gasteiger partial charge in [0.1, 0.15) is 17.5 Å². The standard InChI is InChI=1S/C13H8F3NO/c14-9-5-10(15)13(11(16)6-9)12(18)4-8-2-1-3-17-7-8/h1-3,5-7H,4H2. The van der Waals surface area contributed by atoms with Gasteiger partial charge in [-0.05, 0) is 11.6 Å². The molecule has 0 spiro atoms. The van der Waals surface area contributed by atoms with E-state index >= 15 is 0 Å². The molecule has 1 aromatic heterocycles. The zero-order chi connectivity index (χ0) is 13.1. The van der Waals surface area contributed by atoms with Crippen molar-refractivity contribution >= 4 is 5.78 Å². The van der Waals surface area contributed by atoms with E-state index < -0.39 is 28.8 Å². The summed E-state index contributed by atoms with van der Waals surface area (Å²) < 4.78 is 39.4. The van der Waals surface area contributed by atoms with Crippen LogP contribution in [0.4, 0.5) is 13.2 Å². The van der Waals surface area contributed by atoms with Crippen LogP contribution in [0.5, 0.6) is 0 Å². The number of aromatic nitrogens is 1. The molecule has 0 saturated heterocycles. The smallest absolute Gasteiger partial charge is 0.173 e. The lowest BCUT2D eigenvalue weighted by atomic mass is 10.0. The lowest BCUT2D eigenvalue weighted by molar-refractivity contribution is 0.0984. The zero-order valence-electron chi connectivity index (χ0n) is 9.16. The second kappa shape index (κ2) is 5.00. The Morgan fingerprint density at radius 3 is 2.39 bits per heavy atom. The maximum absolute atomic E-state index is 13.3. The van der Waals surface area contributed by atoms with Crippen LogP contribution in [0.1, 0.15) is 15.9 Å². The molecule has 0 saturated carbocycles. The molecule has 0 aliphatic heterocycles. The van der Waals surface area contributed by atoms with Gasteiger partial charge < -0.3 is 0 Å². The molecule has 2 rings (SSSR count). The second-order valence-electron chi connectivity index (χ2n) is 3.71. The molecule has 0 bridgehead atoms. The molecule has 0 N–H and O–H groups in total. The largest absolute Gasteiger partial charge is 0.294 e. The summed E-state index contributed by atoms with van der Waals surface area (Å²) in [5.41, 5.74) is -0.189. The Labute approximate surface area is 101 Å². The van der Waals surface area contributed by atoms with Crippen molar-refractivity contribution in [1.29, 1.82) is 0 Å². The van der Waals surface area contributed by atoms with Crippen LogP contribution in [-0.4, -0.2) is 10.8 Å². The Kier molecular flexibility index (Phi) is 3.41. The number of ketones is 1. The van der Waals surface area contributed by atoms with Gasteiger partial charge in [0.05, 0.1) is 5.56 Å². The Morgan fingerprint density at radius 1 is 1.17 bits per heavy atom. The van der Waals surface area contributed by atoms with Crippen LogP contribution in [0, 0.1) is 17.5 Å². The maximum atomic E-state index is 13.3. The molecule has 92 valence electrons. The first-order valence-corrected chi connectivity index (χ1v) is 5.14. The molecule has 0 atom stereocenters. The quantitative estimate of drug-likeness (QED) is 0.785. The average Bonchev–Trinajstić information content (AvgIpc) is 2.28. The Hall–Kier alpha value is -2.17. The number of rotatable bonds is 3. The van der Waals surface area contributed by atoms with Gasteiger partial charge in [-0.15, -0.1) is 0 Å². The molecule has 1 heterocycles. The van der Waals surface area contributed by atoms with Crippen molar-refractivity contribution < 1.29 is 18.0 Å². The summed E-state index contributed by atoms with van der Waals surface area (Å²) in [7, 11) is 0. The monoisotopic (exact) mass is 251 g/mol. The van der Waals surface area contributed by atoms with Crippen LogP contribution in [0.2, 0.25) is 0 Å². The number of carbonyl (C=O) groups is 1. The van der Waals surface area contributed by atoms with Gasteiger partial charge in [-0.25, -0.2) is 13.2 Å². The van der Waals surface area contributed by atoms with Crippen LogP contribution >= 0.6 is 0 Å². The van der Waals surface area contributed by atoms with Crippen molar-refractivity contribution in [3.05, 3.63) is 65.2 Å². The van der Waals surface area contributed by atoms with Gasteiger partial charge in [-0.1, -0.05) is 6.07 Å². The third-order valence-electron chi connectivity index (χ3n) is 2.37. The van der Waals surface area contributed by atoms with Crippen molar-refractivity contribution in [3.8, 4) is 0 Å². The molecule has 0 unspecified atom stereocenters. The summed E-state index contributed by atoms with van der Waals surface area (Å²) in [5, 5.41) is 0. The van der Waals surface area contributed by atoms with E-state index in [2.05, 4.69) is 4.98 Å². The molecule has 0 aliphatic rings. The molecular formula is C13H8F3NO. The maximum Gasteiger partial charge on any atom is 0.173 e. The van der Waals surface area contributed by atoms with E-state index in [0.29, 0.717) is 17.7 Å². The number of hydrogen-bond donors (Lipinski definition) is 0. The summed E-state index contributed by atoms with van der Waals surface area (Å²) in [5.74, 6) is -4.19. The SMILES string of the molecule is O=C(Cc1cccnc1)c1c(F)cc(F)cc1F. The van der Waals surface area contributed by atoms with Gasteiger partial charge in [0.15, 0.2) is 5.78 Å². The second-order valence-corrected chi connectivity index (χ2v) is 3.71. The van der Waals surface area contributed by atoms with Crippen LogP contribution in [0.25, 0.3) is 0 Å². The van der Waals surface area contributed by atoms with Gasteiger partial charge in [-0.2, -0.15) is 0 Å². The Balaban J connectivity index is 2.30. The summed E-state index contributed by atoms with van der Waals surface area (Å²) in [4.78, 5) is 15.5. The van der Waals surface area contributed by atoms with Gasteiger partial charge in [0.25, 0.3) is 0 Å². The highest BCUT2D eigenvalue weighted by atomic mass is 19.1. The van der Waals surface area contributed by atoms with Crippen LogP contribution in [-0.2, 0) is 6.42 Å². The van der Waals surface area contributed by atoms with E-state index in [1.807, 2.05) is 0 Å². The minimum atomic E-state index is -1.19. The first-order valence-electron chi connectivity index (χ1n) is 5.14. The third-order valence-corrected chi connectivity index (χ3v) is 2.37. The molecule has 0 radical (unpaired) electrons. The molecule has 18 heavy (non-hydrogen) atoms. The summed E-state index contributed by atoms with van der Waals surface area (Å²) in [6.07, 6.45) is 2.76. The highest BCUT2D eigenvalue weighted by Gasteiger charge is 2.19. The van der Waals surface area contributed by atoms with E-state index in [1.165, 1.54) is 12.4 Å². The van der Waals surface area contributed by atoms with Crippen LogP contribution in [0.15, 0.2) is 36.7 Å². The molecule has 0 amide bonds. The van der Waals surface area contributed by atoms with E-state index in [1.54, 1.807) is 12.1 Å². The number of pyridine rings is 1. The first kappa shape index (κ1) is 12.3. The lowest BCUT2D eigenvalue weighted by Gasteiger charge is -2.04. The van der Waals surface area contributed by atoms with Gasteiger partial charge >= 0.3 is 0 Å². The minimum Gasteiger partial charge on any atom is -0.294 e. The fraction of sp³-hybridized carbons (Fsp3) is 0.0769. The number of nitrogens with zero attached hydrogens (tertiary/aromatic N) is 1. The number of hydrogen-bond acceptors (Lipinski definition) is 2. The predicted octanol–water partition coefficient (Wildman–Crippen LogP) is 2.92. The normalized spacial score (nSPS) is 10.4.